The smallest absolute Gasteiger partial charge is 0.133 e. The SMILES string of the molecule is CC(=O)CC(C)(O)c1cccc2c1Cc1ccccc1-2. The number of Topliss-reactive ketones (excluding diaryl/α,β-unsaturated/α-hetero) is 1. The average Bonchev–Trinajstić information content (AvgIpc) is 2.75. The molecule has 1 N–H and O–H groups in total. The summed E-state index contributed by atoms with van der Waals surface area (Å²) in [5.74, 6) is 0.00288. The van der Waals surface area contributed by atoms with Crippen LogP contribution in [0.4, 0.5) is 0 Å². The topological polar surface area (TPSA) is 37.3 Å². The quantitative estimate of drug-likeness (QED) is 0.788. The molecule has 0 saturated carbocycles. The highest BCUT2D eigenvalue weighted by Gasteiger charge is 2.31. The highest BCUT2D eigenvalue weighted by molar-refractivity contribution is 5.80. The van der Waals surface area contributed by atoms with Gasteiger partial charge >= 0.3 is 0 Å². The first-order valence-corrected chi connectivity index (χ1v) is 6.91. The first-order chi connectivity index (χ1) is 9.49. The number of hydrogen-bond acceptors (Lipinski definition) is 2. The third-order valence-electron chi connectivity index (χ3n) is 4.02. The van der Waals surface area contributed by atoms with E-state index in [0.29, 0.717) is 0 Å². The van der Waals surface area contributed by atoms with Gasteiger partial charge in [0.2, 0.25) is 0 Å². The predicted molar refractivity (Wildman–Crippen MR) is 79.6 cm³/mol. The van der Waals surface area contributed by atoms with Gasteiger partial charge in [-0.3, -0.25) is 4.79 Å². The molecule has 0 fully saturated rings. The van der Waals surface area contributed by atoms with Gasteiger partial charge in [-0.1, -0.05) is 42.5 Å². The van der Waals surface area contributed by atoms with Crippen molar-refractivity contribution in [3.8, 4) is 11.1 Å². The zero-order valence-corrected chi connectivity index (χ0v) is 11.8. The summed E-state index contributed by atoms with van der Waals surface area (Å²) in [4.78, 5) is 11.4. The lowest BCUT2D eigenvalue weighted by molar-refractivity contribution is -0.121. The van der Waals surface area contributed by atoms with E-state index < -0.39 is 5.60 Å². The maximum atomic E-state index is 11.4. The summed E-state index contributed by atoms with van der Waals surface area (Å²) in [5, 5.41) is 10.7. The minimum atomic E-state index is -1.10. The molecule has 1 aliphatic carbocycles. The lowest BCUT2D eigenvalue weighted by atomic mass is 9.85. The number of fused-ring (bicyclic) bond motifs is 3. The molecule has 3 rings (SSSR count). The van der Waals surface area contributed by atoms with Gasteiger partial charge in [-0.25, -0.2) is 0 Å². The Morgan fingerprint density at radius 2 is 1.85 bits per heavy atom. The van der Waals surface area contributed by atoms with Crippen LogP contribution in [0.3, 0.4) is 0 Å². The van der Waals surface area contributed by atoms with Crippen LogP contribution in [0.25, 0.3) is 11.1 Å². The summed E-state index contributed by atoms with van der Waals surface area (Å²) in [6.07, 6.45) is 0.982. The molecule has 0 spiro atoms. The van der Waals surface area contributed by atoms with Crippen LogP contribution in [0.15, 0.2) is 42.5 Å². The summed E-state index contributed by atoms with van der Waals surface area (Å²) in [6.45, 7) is 3.25. The van der Waals surface area contributed by atoms with Gasteiger partial charge < -0.3 is 5.11 Å². The predicted octanol–water partition coefficient (Wildman–Crippen LogP) is 3.44. The Kier molecular flexibility index (Phi) is 2.98. The van der Waals surface area contributed by atoms with E-state index in [4.69, 9.17) is 0 Å². The van der Waals surface area contributed by atoms with Gasteiger partial charge in [-0.15, -0.1) is 0 Å². The van der Waals surface area contributed by atoms with Crippen LogP contribution in [0.2, 0.25) is 0 Å². The first kappa shape index (κ1) is 13.1. The molecule has 2 aromatic rings. The number of aliphatic hydroxyl groups is 1. The molecule has 0 heterocycles. The molecule has 2 nitrogen and oxygen atoms in total. The molecule has 1 atom stereocenters. The Balaban J connectivity index is 2.12. The van der Waals surface area contributed by atoms with Gasteiger partial charge in [0.1, 0.15) is 5.78 Å². The van der Waals surface area contributed by atoms with E-state index in [2.05, 4.69) is 18.2 Å². The Morgan fingerprint density at radius 3 is 2.60 bits per heavy atom. The van der Waals surface area contributed by atoms with Crippen LogP contribution in [0, 0.1) is 0 Å². The second-order valence-corrected chi connectivity index (χ2v) is 5.82. The Morgan fingerprint density at radius 1 is 1.15 bits per heavy atom. The monoisotopic (exact) mass is 266 g/mol. The lowest BCUT2D eigenvalue weighted by Gasteiger charge is -2.25. The Bertz CT molecular complexity index is 684. The lowest BCUT2D eigenvalue weighted by Crippen LogP contribution is -2.25. The third-order valence-corrected chi connectivity index (χ3v) is 4.02. The minimum Gasteiger partial charge on any atom is -0.385 e. The highest BCUT2D eigenvalue weighted by Crippen LogP contribution is 2.41. The fraction of sp³-hybridized carbons (Fsp3) is 0.278. The molecule has 20 heavy (non-hydrogen) atoms. The maximum absolute atomic E-state index is 11.4. The summed E-state index contributed by atoms with van der Waals surface area (Å²) in [7, 11) is 0. The number of benzene rings is 2. The third kappa shape index (κ3) is 2.06. The normalized spacial score (nSPS) is 15.3. The van der Waals surface area contributed by atoms with Crippen molar-refractivity contribution in [3.63, 3.8) is 0 Å². The molecule has 0 bridgehead atoms. The van der Waals surface area contributed by atoms with E-state index in [-0.39, 0.29) is 12.2 Å². The molecule has 0 amide bonds. The van der Waals surface area contributed by atoms with E-state index in [1.807, 2.05) is 24.3 Å². The minimum absolute atomic E-state index is 0.00288. The van der Waals surface area contributed by atoms with Crippen LogP contribution in [0.1, 0.15) is 37.0 Å². The summed E-state index contributed by atoms with van der Waals surface area (Å²) >= 11 is 0. The second kappa shape index (κ2) is 4.57. The van der Waals surface area contributed by atoms with Crippen molar-refractivity contribution in [2.24, 2.45) is 0 Å². The molecular weight excluding hydrogens is 248 g/mol. The summed E-state index contributed by atoms with van der Waals surface area (Å²) < 4.78 is 0. The van der Waals surface area contributed by atoms with Crippen molar-refractivity contribution in [2.45, 2.75) is 32.3 Å². The van der Waals surface area contributed by atoms with Gasteiger partial charge in [0.25, 0.3) is 0 Å². The Labute approximate surface area is 119 Å². The maximum Gasteiger partial charge on any atom is 0.133 e. The number of carbonyl (C=O) groups excluding carboxylic acids is 1. The van der Waals surface area contributed by atoms with E-state index >= 15 is 0 Å². The molecule has 1 unspecified atom stereocenters. The van der Waals surface area contributed by atoms with Crippen LogP contribution >= 0.6 is 0 Å². The molecule has 102 valence electrons. The van der Waals surface area contributed by atoms with Gasteiger partial charge in [0, 0.05) is 6.42 Å². The number of ketones is 1. The molecule has 2 heteroatoms. The van der Waals surface area contributed by atoms with Crippen molar-refractivity contribution in [1.29, 1.82) is 0 Å². The standard InChI is InChI=1S/C18H18O2/c1-12(19)11-18(2,20)17-9-5-8-15-14-7-4-3-6-13(14)10-16(15)17/h3-9,20H,10-11H2,1-2H3. The van der Waals surface area contributed by atoms with Crippen molar-refractivity contribution in [2.75, 3.05) is 0 Å². The molecule has 0 aromatic heterocycles. The zero-order chi connectivity index (χ0) is 14.3. The fourth-order valence-corrected chi connectivity index (χ4v) is 3.24. The van der Waals surface area contributed by atoms with Crippen LogP contribution in [0.5, 0.6) is 0 Å². The zero-order valence-electron chi connectivity index (χ0n) is 11.8. The van der Waals surface area contributed by atoms with Gasteiger partial charge in [-0.05, 0) is 48.1 Å². The van der Waals surface area contributed by atoms with Gasteiger partial charge in [0.15, 0.2) is 0 Å². The molecule has 1 aliphatic rings. The molecular formula is C18H18O2. The van der Waals surface area contributed by atoms with E-state index in [1.54, 1.807) is 6.92 Å². The van der Waals surface area contributed by atoms with Crippen LogP contribution in [-0.4, -0.2) is 10.9 Å². The van der Waals surface area contributed by atoms with E-state index in [9.17, 15) is 9.90 Å². The molecule has 0 aliphatic heterocycles. The number of hydrogen-bond donors (Lipinski definition) is 1. The largest absolute Gasteiger partial charge is 0.385 e. The van der Waals surface area contributed by atoms with Crippen molar-refractivity contribution >= 4 is 5.78 Å². The van der Waals surface area contributed by atoms with E-state index in [0.717, 1.165) is 17.5 Å². The summed E-state index contributed by atoms with van der Waals surface area (Å²) in [5.41, 5.74) is 4.64. The second-order valence-electron chi connectivity index (χ2n) is 5.82. The van der Waals surface area contributed by atoms with Gasteiger partial charge in [-0.2, -0.15) is 0 Å². The van der Waals surface area contributed by atoms with Crippen LogP contribution in [-0.2, 0) is 16.8 Å². The number of rotatable bonds is 3. The van der Waals surface area contributed by atoms with E-state index in [1.165, 1.54) is 23.6 Å². The van der Waals surface area contributed by atoms with Gasteiger partial charge in [0.05, 0.1) is 5.60 Å². The highest BCUT2D eigenvalue weighted by atomic mass is 16.3. The fourth-order valence-electron chi connectivity index (χ4n) is 3.24. The van der Waals surface area contributed by atoms with Crippen molar-refractivity contribution < 1.29 is 9.90 Å². The molecule has 2 aromatic carbocycles. The number of carbonyl (C=O) groups is 1. The molecule has 0 saturated heterocycles. The average molecular weight is 266 g/mol. The van der Waals surface area contributed by atoms with Crippen molar-refractivity contribution in [3.05, 3.63) is 59.2 Å². The van der Waals surface area contributed by atoms with Crippen LogP contribution < -0.4 is 0 Å². The van der Waals surface area contributed by atoms with Crippen molar-refractivity contribution in [1.82, 2.24) is 0 Å². The summed E-state index contributed by atoms with van der Waals surface area (Å²) in [6, 6.07) is 14.3. The first-order valence-electron chi connectivity index (χ1n) is 6.91. The molecule has 0 radical (unpaired) electrons. The Hall–Kier alpha value is -1.93.